The third-order valence-electron chi connectivity index (χ3n) is 6.67. The van der Waals surface area contributed by atoms with Gasteiger partial charge in [0.05, 0.1) is 37.7 Å². The molecule has 3 rings (SSSR count). The van der Waals surface area contributed by atoms with Crippen LogP contribution in [0, 0.1) is 0 Å². The van der Waals surface area contributed by atoms with Gasteiger partial charge >= 0.3 is 5.97 Å². The molecule has 2 aromatic carbocycles. The molecule has 6 amide bonds. The van der Waals surface area contributed by atoms with Gasteiger partial charge in [-0.15, -0.1) is 0 Å². The van der Waals surface area contributed by atoms with Crippen LogP contribution in [0.5, 0.6) is 0 Å². The van der Waals surface area contributed by atoms with Crippen molar-refractivity contribution in [1.82, 2.24) is 15.5 Å². The Hall–Kier alpha value is -5.85. The normalized spacial score (nSPS) is 13.6. The first kappa shape index (κ1) is 37.6. The van der Waals surface area contributed by atoms with E-state index in [1.54, 1.807) is 48.5 Å². The number of imide groups is 1. The molecule has 2 aromatic rings. The van der Waals surface area contributed by atoms with Gasteiger partial charge in [-0.25, -0.2) is 9.78 Å². The smallest absolute Gasteiger partial charge is 0.320 e. The number of aliphatic carboxylic acids is 1. The molecule has 1 aliphatic heterocycles. The second-order valence-electron chi connectivity index (χ2n) is 10.5. The molecule has 0 bridgehead atoms. The maximum atomic E-state index is 12.3. The first-order valence-electron chi connectivity index (χ1n) is 14.9. The molecule has 0 fully saturated rings. The van der Waals surface area contributed by atoms with Gasteiger partial charge in [0.2, 0.25) is 23.6 Å². The summed E-state index contributed by atoms with van der Waals surface area (Å²) in [6, 6.07) is 11.7. The van der Waals surface area contributed by atoms with Gasteiger partial charge in [0.25, 0.3) is 11.8 Å². The third kappa shape index (κ3) is 13.4. The van der Waals surface area contributed by atoms with Crippen LogP contribution in [-0.2, 0) is 43.3 Å². The van der Waals surface area contributed by atoms with E-state index in [9.17, 15) is 33.6 Å². The summed E-state index contributed by atoms with van der Waals surface area (Å²) in [6.45, 7) is -1.08. The maximum absolute atomic E-state index is 12.3. The molecule has 0 aliphatic carbocycles. The molecule has 0 aromatic heterocycles. The summed E-state index contributed by atoms with van der Waals surface area (Å²) in [5, 5.41) is 27.2. The SMILES string of the molecule is COO[C@H](CCCC(=O)NCC(=O)NCC(=O)Nc1ccc(/N=N/c2ccc(NC(=O)CN3C(=O)C=CC3=O)cc2)cc1)C[C@H](N)C(=O)O. The number of carboxylic acid groups (broad SMARTS) is 1. The number of azo groups is 1. The molecule has 2 atom stereocenters. The molecule has 0 radical (unpaired) electrons. The number of amides is 6. The zero-order chi connectivity index (χ0) is 35.8. The minimum Gasteiger partial charge on any atom is -0.480 e. The van der Waals surface area contributed by atoms with Crippen LogP contribution in [0.25, 0.3) is 0 Å². The number of hydrogen-bond acceptors (Lipinski definition) is 12. The minimum atomic E-state index is -1.18. The number of nitrogens with two attached hydrogens (primary N) is 1. The first-order chi connectivity index (χ1) is 23.4. The van der Waals surface area contributed by atoms with Crippen molar-refractivity contribution in [2.75, 3.05) is 37.4 Å². The fourth-order valence-corrected chi connectivity index (χ4v) is 4.20. The first-order valence-corrected chi connectivity index (χ1v) is 14.9. The molecule has 7 N–H and O–H groups in total. The lowest BCUT2D eigenvalue weighted by molar-refractivity contribution is -0.307. The van der Waals surface area contributed by atoms with E-state index in [0.29, 0.717) is 35.6 Å². The Bertz CT molecular complexity index is 1560. The molecule has 1 heterocycles. The number of carbonyl (C=O) groups excluding carboxylic acids is 6. The summed E-state index contributed by atoms with van der Waals surface area (Å²) in [6.07, 6.45) is 2.28. The Kier molecular flexibility index (Phi) is 14.6. The second kappa shape index (κ2) is 19.1. The van der Waals surface area contributed by atoms with Crippen LogP contribution in [0.2, 0.25) is 0 Å². The van der Waals surface area contributed by atoms with Crippen molar-refractivity contribution in [3.05, 3.63) is 60.7 Å². The largest absolute Gasteiger partial charge is 0.480 e. The summed E-state index contributed by atoms with van der Waals surface area (Å²) in [7, 11) is 1.28. The fraction of sp³-hybridized carbons (Fsp3) is 0.323. The van der Waals surface area contributed by atoms with Crippen LogP contribution >= 0.6 is 0 Å². The van der Waals surface area contributed by atoms with Crippen LogP contribution in [-0.4, -0.2) is 90.3 Å². The van der Waals surface area contributed by atoms with Crippen molar-refractivity contribution >= 4 is 64.2 Å². The lowest BCUT2D eigenvalue weighted by Crippen LogP contribution is -2.40. The second-order valence-corrected chi connectivity index (χ2v) is 10.5. The van der Waals surface area contributed by atoms with Crippen LogP contribution in [0.15, 0.2) is 70.9 Å². The number of rotatable bonds is 19. The molecule has 0 unspecified atom stereocenters. The summed E-state index contributed by atoms with van der Waals surface area (Å²) >= 11 is 0. The molecule has 18 heteroatoms. The van der Waals surface area contributed by atoms with Crippen LogP contribution < -0.4 is 27.0 Å². The Morgan fingerprint density at radius 3 is 1.84 bits per heavy atom. The van der Waals surface area contributed by atoms with E-state index in [2.05, 4.69) is 36.4 Å². The monoisotopic (exact) mass is 680 g/mol. The van der Waals surface area contributed by atoms with Gasteiger partial charge in [-0.05, 0) is 61.4 Å². The van der Waals surface area contributed by atoms with Crippen molar-refractivity contribution in [1.29, 1.82) is 0 Å². The van der Waals surface area contributed by atoms with Crippen molar-refractivity contribution in [3.8, 4) is 0 Å². The van der Waals surface area contributed by atoms with E-state index in [1.165, 1.54) is 7.11 Å². The van der Waals surface area contributed by atoms with Gasteiger partial charge in [0.1, 0.15) is 12.6 Å². The zero-order valence-electron chi connectivity index (χ0n) is 26.4. The molecule has 260 valence electrons. The molecular weight excluding hydrogens is 644 g/mol. The predicted octanol–water partition coefficient (Wildman–Crippen LogP) is 1.06. The molecular formula is C31H36N8O10. The average molecular weight is 681 g/mol. The quantitative estimate of drug-likeness (QED) is 0.0529. The topological polar surface area (TPSA) is 260 Å². The van der Waals surface area contributed by atoms with Crippen LogP contribution in [0.1, 0.15) is 25.7 Å². The van der Waals surface area contributed by atoms with E-state index in [0.717, 1.165) is 17.1 Å². The molecule has 0 saturated carbocycles. The highest BCUT2D eigenvalue weighted by Crippen LogP contribution is 2.22. The lowest BCUT2D eigenvalue weighted by Gasteiger charge is -2.17. The molecule has 49 heavy (non-hydrogen) atoms. The number of benzene rings is 2. The van der Waals surface area contributed by atoms with Crippen LogP contribution in [0.3, 0.4) is 0 Å². The third-order valence-corrected chi connectivity index (χ3v) is 6.67. The van der Waals surface area contributed by atoms with E-state index in [1.807, 2.05) is 0 Å². The Morgan fingerprint density at radius 1 is 0.796 bits per heavy atom. The molecule has 1 aliphatic rings. The number of nitrogens with zero attached hydrogens (tertiary/aromatic N) is 3. The summed E-state index contributed by atoms with van der Waals surface area (Å²) < 4.78 is 0. The Labute approximate surface area is 280 Å². The van der Waals surface area contributed by atoms with Gasteiger partial charge < -0.3 is 32.1 Å². The predicted molar refractivity (Wildman–Crippen MR) is 172 cm³/mol. The highest BCUT2D eigenvalue weighted by molar-refractivity contribution is 6.15. The number of hydrogen-bond donors (Lipinski definition) is 6. The van der Waals surface area contributed by atoms with E-state index in [4.69, 9.17) is 15.7 Å². The van der Waals surface area contributed by atoms with Gasteiger partial charge in [-0.2, -0.15) is 10.2 Å². The highest BCUT2D eigenvalue weighted by atomic mass is 17.2. The minimum absolute atomic E-state index is 0.00171. The lowest BCUT2D eigenvalue weighted by atomic mass is 10.0. The average Bonchev–Trinajstić information content (AvgIpc) is 3.38. The van der Waals surface area contributed by atoms with Gasteiger partial charge in [0.15, 0.2) is 0 Å². The Balaban J connectivity index is 1.32. The Morgan fingerprint density at radius 2 is 1.31 bits per heavy atom. The number of anilines is 2. The summed E-state index contributed by atoms with van der Waals surface area (Å²) in [5.74, 6) is -4.30. The molecule has 0 saturated heterocycles. The molecule has 18 nitrogen and oxygen atoms in total. The number of nitrogens with one attached hydrogen (secondary N) is 4. The van der Waals surface area contributed by atoms with E-state index < -0.39 is 60.1 Å². The fourth-order valence-electron chi connectivity index (χ4n) is 4.20. The summed E-state index contributed by atoms with van der Waals surface area (Å²) in [4.78, 5) is 93.0. The molecule has 0 spiro atoms. The van der Waals surface area contributed by atoms with Crippen molar-refractivity contribution in [2.24, 2.45) is 16.0 Å². The number of carbonyl (C=O) groups is 7. The highest BCUT2D eigenvalue weighted by Gasteiger charge is 2.25. The van der Waals surface area contributed by atoms with E-state index in [-0.39, 0.29) is 25.9 Å². The van der Waals surface area contributed by atoms with E-state index >= 15 is 0 Å². The van der Waals surface area contributed by atoms with Crippen molar-refractivity contribution < 1.29 is 48.4 Å². The summed E-state index contributed by atoms with van der Waals surface area (Å²) in [5.41, 5.74) is 7.36. The standard InChI is InChI=1S/C31H36N8O10/c1-48-49-23(15-24(32)31(46)47)3-2-4-25(40)33-16-26(41)34-17-27(42)35-19-5-9-21(10-6-19)37-38-22-11-7-20(8-12-22)36-28(43)18-39-29(44)13-14-30(39)45/h5-14,23-24H,2-4,15-18,32H2,1H3,(H,33,40)(H,34,41)(H,35,42)(H,36,43)(H,46,47)/b38-37+/t23-,24+/m1/s1. The van der Waals surface area contributed by atoms with Gasteiger partial charge in [-0.1, -0.05) is 0 Å². The van der Waals surface area contributed by atoms with Crippen molar-refractivity contribution in [2.45, 2.75) is 37.8 Å². The van der Waals surface area contributed by atoms with Crippen molar-refractivity contribution in [3.63, 3.8) is 0 Å². The van der Waals surface area contributed by atoms with Crippen LogP contribution in [0.4, 0.5) is 22.7 Å². The van der Waals surface area contributed by atoms with Gasteiger partial charge in [0, 0.05) is 36.4 Å². The van der Waals surface area contributed by atoms with Gasteiger partial charge in [-0.3, -0.25) is 38.5 Å². The maximum Gasteiger partial charge on any atom is 0.320 e. The number of carboxylic acids is 1. The zero-order valence-corrected chi connectivity index (χ0v) is 26.4.